The van der Waals surface area contributed by atoms with Gasteiger partial charge in [0.05, 0.1) is 10.0 Å². The van der Waals surface area contributed by atoms with Crippen molar-refractivity contribution in [2.24, 2.45) is 0 Å². The topological polar surface area (TPSA) is 9.23 Å². The van der Waals surface area contributed by atoms with Crippen LogP contribution in [0.5, 0.6) is 0 Å². The molecule has 2 aromatic rings. The van der Waals surface area contributed by atoms with E-state index in [2.05, 4.69) is 70.3 Å². The standard InChI is InChI=1S/C22H30Cl2OSi/c1-22(2,3)26(4,5)25-15-9-12-19(17-10-7-6-8-11-17)18-13-14-20(23)21(24)16-18/h6-8,10-11,13-14,16,19H,9,12,15H2,1-5H3/t19-/m1/s1. The zero-order chi connectivity index (χ0) is 19.4. The van der Waals surface area contributed by atoms with E-state index in [0.717, 1.165) is 19.4 Å². The molecule has 0 aliphatic carbocycles. The summed E-state index contributed by atoms with van der Waals surface area (Å²) >= 11 is 12.4. The Kier molecular flexibility index (Phi) is 7.38. The number of halogens is 2. The van der Waals surface area contributed by atoms with Crippen LogP contribution in [0.2, 0.25) is 28.2 Å². The molecule has 0 aromatic heterocycles. The molecule has 0 bridgehead atoms. The Labute approximate surface area is 169 Å². The molecule has 0 radical (unpaired) electrons. The van der Waals surface area contributed by atoms with E-state index in [1.54, 1.807) is 0 Å². The molecule has 2 rings (SSSR count). The van der Waals surface area contributed by atoms with Crippen LogP contribution in [0.15, 0.2) is 48.5 Å². The molecule has 0 fully saturated rings. The highest BCUT2D eigenvalue weighted by Gasteiger charge is 2.36. The van der Waals surface area contributed by atoms with Crippen molar-refractivity contribution in [1.29, 1.82) is 0 Å². The van der Waals surface area contributed by atoms with E-state index in [1.807, 2.05) is 12.1 Å². The molecule has 0 aliphatic rings. The van der Waals surface area contributed by atoms with Crippen LogP contribution < -0.4 is 0 Å². The molecule has 0 heterocycles. The van der Waals surface area contributed by atoms with Gasteiger partial charge in [-0.2, -0.15) is 0 Å². The van der Waals surface area contributed by atoms with E-state index in [-0.39, 0.29) is 5.04 Å². The van der Waals surface area contributed by atoms with Gasteiger partial charge in [0, 0.05) is 12.5 Å². The van der Waals surface area contributed by atoms with E-state index < -0.39 is 8.32 Å². The van der Waals surface area contributed by atoms with Crippen LogP contribution in [0.25, 0.3) is 0 Å². The highest BCUT2D eigenvalue weighted by molar-refractivity contribution is 6.74. The first-order valence-corrected chi connectivity index (χ1v) is 12.9. The lowest BCUT2D eigenvalue weighted by atomic mass is 9.87. The summed E-state index contributed by atoms with van der Waals surface area (Å²) in [7, 11) is -1.69. The lowest BCUT2D eigenvalue weighted by Gasteiger charge is -2.36. The van der Waals surface area contributed by atoms with Crippen LogP contribution >= 0.6 is 23.2 Å². The fraction of sp³-hybridized carbons (Fsp3) is 0.455. The van der Waals surface area contributed by atoms with Gasteiger partial charge in [-0.15, -0.1) is 0 Å². The summed E-state index contributed by atoms with van der Waals surface area (Å²) < 4.78 is 6.35. The van der Waals surface area contributed by atoms with Crippen LogP contribution in [0.1, 0.15) is 50.7 Å². The van der Waals surface area contributed by atoms with Crippen molar-refractivity contribution in [3.8, 4) is 0 Å². The minimum absolute atomic E-state index is 0.246. The second-order valence-electron chi connectivity index (χ2n) is 8.39. The minimum Gasteiger partial charge on any atom is -0.417 e. The SMILES string of the molecule is CC(C)(C)[Si](C)(C)OCCC[C@H](c1ccccc1)c1ccc(Cl)c(Cl)c1. The second kappa shape index (κ2) is 8.92. The fourth-order valence-electron chi connectivity index (χ4n) is 2.77. The zero-order valence-corrected chi connectivity index (χ0v) is 19.0. The Balaban J connectivity index is 2.10. The molecule has 1 nitrogen and oxygen atoms in total. The van der Waals surface area contributed by atoms with Crippen LogP contribution in [-0.2, 0) is 4.43 Å². The molecule has 0 saturated heterocycles. The van der Waals surface area contributed by atoms with Gasteiger partial charge < -0.3 is 4.43 Å². The van der Waals surface area contributed by atoms with Crippen molar-refractivity contribution < 1.29 is 4.43 Å². The first-order valence-electron chi connectivity index (χ1n) is 9.26. The van der Waals surface area contributed by atoms with Crippen molar-refractivity contribution >= 4 is 31.5 Å². The van der Waals surface area contributed by atoms with Gasteiger partial charge in [0.1, 0.15) is 0 Å². The number of rotatable bonds is 7. The first kappa shape index (κ1) is 21.5. The molecule has 0 amide bonds. The number of hydrogen-bond donors (Lipinski definition) is 0. The molecule has 2 aromatic carbocycles. The lowest BCUT2D eigenvalue weighted by Crippen LogP contribution is -2.41. The lowest BCUT2D eigenvalue weighted by molar-refractivity contribution is 0.277. The molecule has 1 atom stereocenters. The third-order valence-corrected chi connectivity index (χ3v) is 10.7. The predicted molar refractivity (Wildman–Crippen MR) is 117 cm³/mol. The van der Waals surface area contributed by atoms with Crippen molar-refractivity contribution in [1.82, 2.24) is 0 Å². The Morgan fingerprint density at radius 1 is 0.923 bits per heavy atom. The first-order chi connectivity index (χ1) is 12.1. The molecule has 4 heteroatoms. The Morgan fingerprint density at radius 3 is 2.15 bits per heavy atom. The average molecular weight is 409 g/mol. The molecule has 26 heavy (non-hydrogen) atoms. The summed E-state index contributed by atoms with van der Waals surface area (Å²) in [5, 5.41) is 1.46. The fourth-order valence-corrected chi connectivity index (χ4v) is 4.17. The normalized spacial score (nSPS) is 13.7. The molecule has 0 spiro atoms. The highest BCUT2D eigenvalue weighted by Crippen LogP contribution is 2.37. The molecule has 142 valence electrons. The van der Waals surface area contributed by atoms with Gasteiger partial charge in [-0.05, 0) is 54.2 Å². The summed E-state index contributed by atoms with van der Waals surface area (Å²) in [6, 6.07) is 16.6. The molecular weight excluding hydrogens is 379 g/mol. The van der Waals surface area contributed by atoms with E-state index in [0.29, 0.717) is 16.0 Å². The van der Waals surface area contributed by atoms with Gasteiger partial charge in [0.2, 0.25) is 0 Å². The van der Waals surface area contributed by atoms with Crippen molar-refractivity contribution in [2.45, 2.75) is 57.7 Å². The highest BCUT2D eigenvalue weighted by atomic mass is 35.5. The largest absolute Gasteiger partial charge is 0.417 e. The van der Waals surface area contributed by atoms with Gasteiger partial charge in [-0.25, -0.2) is 0 Å². The Morgan fingerprint density at radius 2 is 1.58 bits per heavy atom. The smallest absolute Gasteiger partial charge is 0.191 e. The maximum Gasteiger partial charge on any atom is 0.191 e. The van der Waals surface area contributed by atoms with Gasteiger partial charge in [0.25, 0.3) is 0 Å². The van der Waals surface area contributed by atoms with Gasteiger partial charge >= 0.3 is 0 Å². The van der Waals surface area contributed by atoms with E-state index >= 15 is 0 Å². The monoisotopic (exact) mass is 408 g/mol. The van der Waals surface area contributed by atoms with E-state index in [1.165, 1.54) is 11.1 Å². The maximum atomic E-state index is 6.35. The van der Waals surface area contributed by atoms with Crippen molar-refractivity contribution in [3.63, 3.8) is 0 Å². The Hall–Kier alpha value is -0.803. The van der Waals surface area contributed by atoms with Gasteiger partial charge in [-0.1, -0.05) is 80.4 Å². The predicted octanol–water partition coefficient (Wildman–Crippen LogP) is 7.93. The summed E-state index contributed by atoms with van der Waals surface area (Å²) in [5.41, 5.74) is 2.51. The van der Waals surface area contributed by atoms with Crippen molar-refractivity contribution in [3.05, 3.63) is 69.7 Å². The quantitative estimate of drug-likeness (QED) is 0.333. The van der Waals surface area contributed by atoms with E-state index in [4.69, 9.17) is 27.6 Å². The molecular formula is C22H30Cl2OSi. The average Bonchev–Trinajstić information content (AvgIpc) is 2.57. The summed E-state index contributed by atoms with van der Waals surface area (Å²) in [4.78, 5) is 0. The van der Waals surface area contributed by atoms with Crippen LogP contribution in [0.4, 0.5) is 0 Å². The van der Waals surface area contributed by atoms with Gasteiger partial charge in [0.15, 0.2) is 8.32 Å². The maximum absolute atomic E-state index is 6.35. The van der Waals surface area contributed by atoms with Crippen LogP contribution in [-0.4, -0.2) is 14.9 Å². The van der Waals surface area contributed by atoms with Crippen LogP contribution in [0.3, 0.4) is 0 Å². The van der Waals surface area contributed by atoms with E-state index in [9.17, 15) is 0 Å². The molecule has 0 aliphatic heterocycles. The molecule has 0 unspecified atom stereocenters. The van der Waals surface area contributed by atoms with Gasteiger partial charge in [-0.3, -0.25) is 0 Å². The zero-order valence-electron chi connectivity index (χ0n) is 16.5. The molecule has 0 saturated carbocycles. The van der Waals surface area contributed by atoms with Crippen molar-refractivity contribution in [2.75, 3.05) is 6.61 Å². The van der Waals surface area contributed by atoms with Crippen LogP contribution in [0, 0.1) is 0 Å². The minimum atomic E-state index is -1.69. The number of benzene rings is 2. The second-order valence-corrected chi connectivity index (χ2v) is 14.0. The third kappa shape index (κ3) is 5.59. The summed E-state index contributed by atoms with van der Waals surface area (Å²) in [6.45, 7) is 12.3. The third-order valence-electron chi connectivity index (χ3n) is 5.45. The summed E-state index contributed by atoms with van der Waals surface area (Å²) in [6.07, 6.45) is 2.04. The molecule has 0 N–H and O–H groups in total. The Bertz CT molecular complexity index is 708. The summed E-state index contributed by atoms with van der Waals surface area (Å²) in [5.74, 6) is 0.300. The number of hydrogen-bond acceptors (Lipinski definition) is 1.